The average Bonchev–Trinajstić information content (AvgIpc) is 3.27. The quantitative estimate of drug-likeness (QED) is 0.708. The van der Waals surface area contributed by atoms with E-state index < -0.39 is 0 Å². The van der Waals surface area contributed by atoms with Gasteiger partial charge in [-0.25, -0.2) is 4.52 Å². The molecule has 0 radical (unpaired) electrons. The maximum absolute atomic E-state index is 12.4. The van der Waals surface area contributed by atoms with Crippen LogP contribution in [0.1, 0.15) is 23.1 Å². The van der Waals surface area contributed by atoms with Crippen LogP contribution >= 0.6 is 12.4 Å². The standard InChI is InChI=1S/C21H24N4O.ClH/c1-15-7-9-25-20(10-15)19(14-23-25)24-21(26)12-17-4-2-16(3-5-17)11-18-6-8-22-13-18;/h2-5,7,9-10,14,18,22H,6,8,11-13H2,1H3,(H,24,26);1H. The highest BCUT2D eigenvalue weighted by molar-refractivity contribution is 5.96. The smallest absolute Gasteiger partial charge is 0.228 e. The van der Waals surface area contributed by atoms with Gasteiger partial charge in [0.05, 0.1) is 23.8 Å². The molecule has 142 valence electrons. The van der Waals surface area contributed by atoms with Crippen LogP contribution in [0.4, 0.5) is 5.69 Å². The number of benzene rings is 1. The number of hydrogen-bond donors (Lipinski definition) is 2. The Morgan fingerprint density at radius 2 is 2.04 bits per heavy atom. The number of aromatic nitrogens is 2. The van der Waals surface area contributed by atoms with Gasteiger partial charge in [0.2, 0.25) is 5.91 Å². The van der Waals surface area contributed by atoms with Gasteiger partial charge in [-0.15, -0.1) is 12.4 Å². The molecular weight excluding hydrogens is 360 g/mol. The molecule has 5 nitrogen and oxygen atoms in total. The fraction of sp³-hybridized carbons (Fsp3) is 0.333. The summed E-state index contributed by atoms with van der Waals surface area (Å²) in [7, 11) is 0. The van der Waals surface area contributed by atoms with Crippen molar-refractivity contribution < 1.29 is 4.79 Å². The molecule has 1 aliphatic rings. The number of carbonyl (C=O) groups is 1. The Bertz CT molecular complexity index is 914. The van der Waals surface area contributed by atoms with Crippen LogP contribution in [0.25, 0.3) is 5.52 Å². The maximum atomic E-state index is 12.4. The van der Waals surface area contributed by atoms with Gasteiger partial charge in [-0.05, 0) is 67.6 Å². The molecule has 1 aliphatic heterocycles. The number of aryl methyl sites for hydroxylation is 1. The molecule has 3 aromatic rings. The number of carbonyl (C=O) groups excluding carboxylic acids is 1. The molecule has 0 bridgehead atoms. The fourth-order valence-electron chi connectivity index (χ4n) is 3.58. The summed E-state index contributed by atoms with van der Waals surface area (Å²) in [6, 6.07) is 12.5. The second-order valence-corrected chi connectivity index (χ2v) is 7.20. The first-order valence-corrected chi connectivity index (χ1v) is 9.20. The minimum atomic E-state index is -0.0193. The molecule has 1 fully saturated rings. The Hall–Kier alpha value is -2.37. The molecule has 0 spiro atoms. The number of amides is 1. The lowest BCUT2D eigenvalue weighted by Gasteiger charge is -2.09. The van der Waals surface area contributed by atoms with Crippen molar-refractivity contribution in [3.8, 4) is 0 Å². The van der Waals surface area contributed by atoms with Crippen LogP contribution in [0.15, 0.2) is 48.8 Å². The number of nitrogens with one attached hydrogen (secondary N) is 2. The Labute approximate surface area is 165 Å². The van der Waals surface area contributed by atoms with E-state index in [0.29, 0.717) is 6.42 Å². The zero-order chi connectivity index (χ0) is 17.9. The van der Waals surface area contributed by atoms with Crippen LogP contribution < -0.4 is 10.6 Å². The van der Waals surface area contributed by atoms with Crippen LogP contribution in [0.2, 0.25) is 0 Å². The van der Waals surface area contributed by atoms with Crippen molar-refractivity contribution in [3.63, 3.8) is 0 Å². The van der Waals surface area contributed by atoms with Crippen LogP contribution in [0.5, 0.6) is 0 Å². The summed E-state index contributed by atoms with van der Waals surface area (Å²) < 4.78 is 1.77. The van der Waals surface area contributed by atoms with E-state index in [9.17, 15) is 4.79 Å². The van der Waals surface area contributed by atoms with E-state index >= 15 is 0 Å². The Balaban J connectivity index is 0.00000210. The lowest BCUT2D eigenvalue weighted by atomic mass is 9.97. The number of hydrogen-bond acceptors (Lipinski definition) is 3. The maximum Gasteiger partial charge on any atom is 0.228 e. The minimum Gasteiger partial charge on any atom is -0.323 e. The van der Waals surface area contributed by atoms with E-state index in [1.54, 1.807) is 10.7 Å². The zero-order valence-electron chi connectivity index (χ0n) is 15.4. The predicted octanol–water partition coefficient (Wildman–Crippen LogP) is 3.40. The van der Waals surface area contributed by atoms with Gasteiger partial charge in [-0.3, -0.25) is 4.79 Å². The Morgan fingerprint density at radius 3 is 2.78 bits per heavy atom. The first-order chi connectivity index (χ1) is 12.7. The Morgan fingerprint density at radius 1 is 1.26 bits per heavy atom. The summed E-state index contributed by atoms with van der Waals surface area (Å²) in [5.41, 5.74) is 5.19. The van der Waals surface area contributed by atoms with Crippen molar-refractivity contribution in [2.45, 2.75) is 26.2 Å². The van der Waals surface area contributed by atoms with Gasteiger partial charge in [-0.1, -0.05) is 24.3 Å². The normalized spacial score (nSPS) is 16.3. The molecule has 1 unspecified atom stereocenters. The second kappa shape index (κ2) is 8.55. The minimum absolute atomic E-state index is 0. The fourth-order valence-corrected chi connectivity index (χ4v) is 3.58. The molecule has 6 heteroatoms. The highest BCUT2D eigenvalue weighted by Crippen LogP contribution is 2.19. The first-order valence-electron chi connectivity index (χ1n) is 9.20. The van der Waals surface area contributed by atoms with E-state index in [1.165, 1.54) is 12.0 Å². The van der Waals surface area contributed by atoms with Gasteiger partial charge in [0.25, 0.3) is 0 Å². The highest BCUT2D eigenvalue weighted by atomic mass is 35.5. The van der Waals surface area contributed by atoms with Crippen molar-refractivity contribution in [3.05, 3.63) is 65.5 Å². The topological polar surface area (TPSA) is 58.4 Å². The molecule has 1 atom stereocenters. The van der Waals surface area contributed by atoms with Gasteiger partial charge in [-0.2, -0.15) is 5.10 Å². The van der Waals surface area contributed by atoms with Crippen LogP contribution in [0.3, 0.4) is 0 Å². The lowest BCUT2D eigenvalue weighted by Crippen LogP contribution is -2.14. The molecule has 1 saturated heterocycles. The van der Waals surface area contributed by atoms with Gasteiger partial charge in [0.1, 0.15) is 0 Å². The number of rotatable bonds is 5. The van der Waals surface area contributed by atoms with Crippen LogP contribution in [0, 0.1) is 12.8 Å². The number of pyridine rings is 1. The highest BCUT2D eigenvalue weighted by Gasteiger charge is 2.15. The first kappa shape index (κ1) is 19.4. The van der Waals surface area contributed by atoms with Crippen molar-refractivity contribution in [2.75, 3.05) is 18.4 Å². The molecule has 3 heterocycles. The van der Waals surface area contributed by atoms with Crippen molar-refractivity contribution in [1.29, 1.82) is 0 Å². The summed E-state index contributed by atoms with van der Waals surface area (Å²) in [5.74, 6) is 0.720. The van der Waals surface area contributed by atoms with Crippen molar-refractivity contribution >= 4 is 29.5 Å². The van der Waals surface area contributed by atoms with Gasteiger partial charge >= 0.3 is 0 Å². The van der Waals surface area contributed by atoms with Gasteiger partial charge in [0.15, 0.2) is 0 Å². The molecule has 27 heavy (non-hydrogen) atoms. The van der Waals surface area contributed by atoms with Crippen molar-refractivity contribution in [1.82, 2.24) is 14.9 Å². The van der Waals surface area contributed by atoms with Crippen molar-refractivity contribution in [2.24, 2.45) is 5.92 Å². The molecule has 0 aliphatic carbocycles. The summed E-state index contributed by atoms with van der Waals surface area (Å²) in [4.78, 5) is 12.4. The molecule has 2 aromatic heterocycles. The zero-order valence-corrected chi connectivity index (χ0v) is 16.3. The molecule has 1 aromatic carbocycles. The third-order valence-electron chi connectivity index (χ3n) is 5.03. The SMILES string of the molecule is Cc1ccn2ncc(NC(=O)Cc3ccc(CC4CCNC4)cc3)c2c1.Cl. The molecule has 4 rings (SSSR count). The number of halogens is 1. The summed E-state index contributed by atoms with van der Waals surface area (Å²) in [6.45, 7) is 4.27. The third kappa shape index (κ3) is 4.67. The second-order valence-electron chi connectivity index (χ2n) is 7.20. The molecule has 1 amide bonds. The van der Waals surface area contributed by atoms with Crippen LogP contribution in [-0.2, 0) is 17.6 Å². The molecule has 2 N–H and O–H groups in total. The van der Waals surface area contributed by atoms with E-state index in [0.717, 1.165) is 47.8 Å². The van der Waals surface area contributed by atoms with E-state index in [1.807, 2.05) is 25.3 Å². The summed E-state index contributed by atoms with van der Waals surface area (Å²) >= 11 is 0. The third-order valence-corrected chi connectivity index (χ3v) is 5.03. The van der Waals surface area contributed by atoms with Gasteiger partial charge in [0, 0.05) is 6.20 Å². The van der Waals surface area contributed by atoms with Gasteiger partial charge < -0.3 is 10.6 Å². The molecule has 0 saturated carbocycles. The van der Waals surface area contributed by atoms with E-state index in [4.69, 9.17) is 0 Å². The lowest BCUT2D eigenvalue weighted by molar-refractivity contribution is -0.115. The monoisotopic (exact) mass is 384 g/mol. The van der Waals surface area contributed by atoms with E-state index in [2.05, 4.69) is 40.0 Å². The predicted molar refractivity (Wildman–Crippen MR) is 111 cm³/mol. The number of fused-ring (bicyclic) bond motifs is 1. The largest absolute Gasteiger partial charge is 0.323 e. The Kier molecular flexibility index (Phi) is 6.14. The number of anilines is 1. The summed E-state index contributed by atoms with van der Waals surface area (Å²) in [6.07, 6.45) is 6.34. The van der Waals surface area contributed by atoms with E-state index in [-0.39, 0.29) is 18.3 Å². The van der Waals surface area contributed by atoms with Crippen LogP contribution in [-0.4, -0.2) is 28.6 Å². The number of nitrogens with zero attached hydrogens (tertiary/aromatic N) is 2. The summed E-state index contributed by atoms with van der Waals surface area (Å²) in [5, 5.41) is 10.7. The molecular formula is C21H25ClN4O. The average molecular weight is 385 g/mol.